The first-order valence-corrected chi connectivity index (χ1v) is 3.73. The van der Waals surface area contributed by atoms with Crippen molar-refractivity contribution in [2.24, 2.45) is 5.73 Å². The molecule has 0 spiro atoms. The molecule has 0 heterocycles. The molecule has 0 aromatic carbocycles. The van der Waals surface area contributed by atoms with Crippen molar-refractivity contribution in [3.05, 3.63) is 0 Å². The minimum Gasteiger partial charge on any atom is -0.463 e. The first kappa shape index (κ1) is 10.9. The van der Waals surface area contributed by atoms with Crippen molar-refractivity contribution in [1.82, 2.24) is 0 Å². The Morgan fingerprint density at radius 3 is 2.67 bits per heavy atom. The minimum absolute atomic E-state index is 0.147. The summed E-state index contributed by atoms with van der Waals surface area (Å²) in [4.78, 5) is 10.7. The van der Waals surface area contributed by atoms with Gasteiger partial charge in [0, 0.05) is 6.61 Å². The first-order valence-electron chi connectivity index (χ1n) is 3.73. The van der Waals surface area contributed by atoms with Gasteiger partial charge >= 0.3 is 5.97 Å². The Bertz CT molecular complexity index is 159. The molecule has 0 aromatic heterocycles. The lowest BCUT2D eigenvalue weighted by Gasteiger charge is -2.03. The van der Waals surface area contributed by atoms with Crippen LogP contribution in [0.2, 0.25) is 0 Å². The molecule has 0 aliphatic rings. The third-order valence-corrected chi connectivity index (χ3v) is 1.03. The SMILES string of the molecule is CCOCCOC(=O)CC(=N)N. The van der Waals surface area contributed by atoms with Crippen molar-refractivity contribution in [2.45, 2.75) is 13.3 Å². The monoisotopic (exact) mass is 174 g/mol. The van der Waals surface area contributed by atoms with Crippen LogP contribution in [0.4, 0.5) is 0 Å². The topological polar surface area (TPSA) is 85.4 Å². The third-order valence-electron chi connectivity index (χ3n) is 1.03. The molecule has 0 aromatic rings. The normalized spacial score (nSPS) is 9.42. The van der Waals surface area contributed by atoms with Gasteiger partial charge in [-0.05, 0) is 6.92 Å². The number of hydrogen-bond acceptors (Lipinski definition) is 4. The Balaban J connectivity index is 3.26. The van der Waals surface area contributed by atoms with Gasteiger partial charge in [-0.25, -0.2) is 0 Å². The van der Waals surface area contributed by atoms with E-state index in [4.69, 9.17) is 15.9 Å². The van der Waals surface area contributed by atoms with Gasteiger partial charge in [-0.2, -0.15) is 0 Å². The Kier molecular flexibility index (Phi) is 6.00. The van der Waals surface area contributed by atoms with Crippen molar-refractivity contribution < 1.29 is 14.3 Å². The predicted molar refractivity (Wildman–Crippen MR) is 44.0 cm³/mol. The third kappa shape index (κ3) is 7.01. The standard InChI is InChI=1S/C7H14N2O3/c1-2-11-3-4-12-7(10)5-6(8)9/h2-5H2,1H3,(H3,8,9). The Morgan fingerprint density at radius 1 is 1.50 bits per heavy atom. The molecule has 70 valence electrons. The number of amidine groups is 1. The summed E-state index contributed by atoms with van der Waals surface area (Å²) >= 11 is 0. The zero-order valence-corrected chi connectivity index (χ0v) is 7.13. The van der Waals surface area contributed by atoms with Gasteiger partial charge in [-0.15, -0.1) is 0 Å². The average Bonchev–Trinajstić information content (AvgIpc) is 1.97. The number of carbonyl (C=O) groups excluding carboxylic acids is 1. The molecular formula is C7H14N2O3. The van der Waals surface area contributed by atoms with Gasteiger partial charge in [0.25, 0.3) is 0 Å². The van der Waals surface area contributed by atoms with E-state index in [2.05, 4.69) is 4.74 Å². The van der Waals surface area contributed by atoms with Gasteiger partial charge in [-0.1, -0.05) is 0 Å². The summed E-state index contributed by atoms with van der Waals surface area (Å²) in [5, 5.41) is 6.79. The van der Waals surface area contributed by atoms with E-state index in [1.807, 2.05) is 6.92 Å². The summed E-state index contributed by atoms with van der Waals surface area (Å²) in [5.74, 6) is -0.668. The lowest BCUT2D eigenvalue weighted by atomic mass is 10.4. The van der Waals surface area contributed by atoms with Crippen LogP contribution in [-0.4, -0.2) is 31.6 Å². The molecule has 0 amide bonds. The fourth-order valence-electron chi connectivity index (χ4n) is 0.565. The molecule has 12 heavy (non-hydrogen) atoms. The molecule has 5 heteroatoms. The van der Waals surface area contributed by atoms with Crippen LogP contribution >= 0.6 is 0 Å². The number of ether oxygens (including phenoxy) is 2. The second kappa shape index (κ2) is 6.60. The predicted octanol–water partition coefficient (Wildman–Crippen LogP) is -0.108. The highest BCUT2D eigenvalue weighted by Gasteiger charge is 2.03. The summed E-state index contributed by atoms with van der Waals surface area (Å²) in [6.07, 6.45) is -0.147. The molecule has 0 fully saturated rings. The molecule has 3 N–H and O–H groups in total. The van der Waals surface area contributed by atoms with Crippen molar-refractivity contribution in [3.8, 4) is 0 Å². The Labute approximate surface area is 71.3 Å². The Morgan fingerprint density at radius 2 is 2.17 bits per heavy atom. The highest BCUT2D eigenvalue weighted by Crippen LogP contribution is 1.85. The summed E-state index contributed by atoms with van der Waals surface area (Å²) in [6, 6.07) is 0. The van der Waals surface area contributed by atoms with E-state index in [-0.39, 0.29) is 18.9 Å². The van der Waals surface area contributed by atoms with Crippen molar-refractivity contribution in [1.29, 1.82) is 5.41 Å². The number of hydrogen-bond donors (Lipinski definition) is 2. The smallest absolute Gasteiger partial charge is 0.313 e. The number of esters is 1. The number of rotatable bonds is 6. The molecule has 0 rings (SSSR count). The van der Waals surface area contributed by atoms with E-state index in [0.717, 1.165) is 0 Å². The molecule has 0 saturated carbocycles. The van der Waals surface area contributed by atoms with E-state index in [1.165, 1.54) is 0 Å². The van der Waals surface area contributed by atoms with E-state index in [0.29, 0.717) is 13.2 Å². The van der Waals surface area contributed by atoms with Crippen LogP contribution in [-0.2, 0) is 14.3 Å². The molecule has 0 saturated heterocycles. The van der Waals surface area contributed by atoms with E-state index >= 15 is 0 Å². The van der Waals surface area contributed by atoms with Crippen LogP contribution in [0.1, 0.15) is 13.3 Å². The van der Waals surface area contributed by atoms with Gasteiger partial charge in [0.05, 0.1) is 6.61 Å². The van der Waals surface area contributed by atoms with Crippen molar-refractivity contribution >= 4 is 11.8 Å². The molecule has 0 radical (unpaired) electrons. The maximum absolute atomic E-state index is 10.7. The van der Waals surface area contributed by atoms with Crippen LogP contribution < -0.4 is 5.73 Å². The summed E-state index contributed by atoms with van der Waals surface area (Å²) in [5.41, 5.74) is 4.97. The van der Waals surface area contributed by atoms with Crippen LogP contribution in [0.25, 0.3) is 0 Å². The maximum Gasteiger partial charge on any atom is 0.313 e. The second-order valence-corrected chi connectivity index (χ2v) is 2.12. The largest absolute Gasteiger partial charge is 0.463 e. The molecule has 0 atom stereocenters. The molecule has 5 nitrogen and oxygen atoms in total. The molecule has 0 unspecified atom stereocenters. The lowest BCUT2D eigenvalue weighted by Crippen LogP contribution is -2.18. The molecule has 0 aliphatic heterocycles. The number of nitrogens with one attached hydrogen (secondary N) is 1. The van der Waals surface area contributed by atoms with Gasteiger partial charge in [-0.3, -0.25) is 10.2 Å². The molecular weight excluding hydrogens is 160 g/mol. The quantitative estimate of drug-likeness (QED) is 0.255. The number of carbonyl (C=O) groups is 1. The highest BCUT2D eigenvalue weighted by molar-refractivity contribution is 5.94. The van der Waals surface area contributed by atoms with Crippen LogP contribution in [0.15, 0.2) is 0 Å². The molecule has 0 bridgehead atoms. The number of nitrogens with two attached hydrogens (primary N) is 1. The zero-order chi connectivity index (χ0) is 9.40. The van der Waals surface area contributed by atoms with Gasteiger partial charge < -0.3 is 15.2 Å². The average molecular weight is 174 g/mol. The van der Waals surface area contributed by atoms with Crippen LogP contribution in [0.5, 0.6) is 0 Å². The summed E-state index contributed by atoms with van der Waals surface area (Å²) in [6.45, 7) is 3.07. The lowest BCUT2D eigenvalue weighted by molar-refractivity contribution is -0.143. The summed E-state index contributed by atoms with van der Waals surface area (Å²) in [7, 11) is 0. The van der Waals surface area contributed by atoms with Crippen LogP contribution in [0.3, 0.4) is 0 Å². The van der Waals surface area contributed by atoms with Crippen molar-refractivity contribution in [2.75, 3.05) is 19.8 Å². The van der Waals surface area contributed by atoms with Crippen molar-refractivity contribution in [3.63, 3.8) is 0 Å². The minimum atomic E-state index is -0.484. The fourth-order valence-corrected chi connectivity index (χ4v) is 0.565. The fraction of sp³-hybridized carbons (Fsp3) is 0.714. The van der Waals surface area contributed by atoms with Gasteiger partial charge in [0.15, 0.2) is 0 Å². The van der Waals surface area contributed by atoms with E-state index in [1.54, 1.807) is 0 Å². The van der Waals surface area contributed by atoms with Crippen LogP contribution in [0, 0.1) is 5.41 Å². The van der Waals surface area contributed by atoms with E-state index in [9.17, 15) is 4.79 Å². The Hall–Kier alpha value is -1.10. The van der Waals surface area contributed by atoms with Gasteiger partial charge in [0.2, 0.25) is 0 Å². The zero-order valence-electron chi connectivity index (χ0n) is 7.13. The van der Waals surface area contributed by atoms with E-state index < -0.39 is 5.97 Å². The highest BCUT2D eigenvalue weighted by atomic mass is 16.6. The van der Waals surface area contributed by atoms with Gasteiger partial charge in [0.1, 0.15) is 18.9 Å². The second-order valence-electron chi connectivity index (χ2n) is 2.12. The first-order chi connectivity index (χ1) is 5.66. The summed E-state index contributed by atoms with van der Waals surface area (Å²) < 4.78 is 9.60. The maximum atomic E-state index is 10.7. The molecule has 0 aliphatic carbocycles.